The Labute approximate surface area is 200 Å². The monoisotopic (exact) mass is 507 g/mol. The summed E-state index contributed by atoms with van der Waals surface area (Å²) in [5.74, 6) is 0.394. The van der Waals surface area contributed by atoms with Gasteiger partial charge >= 0.3 is 0 Å². The summed E-state index contributed by atoms with van der Waals surface area (Å²) in [4.78, 5) is 27.1. The van der Waals surface area contributed by atoms with Crippen LogP contribution in [0, 0.1) is 6.92 Å². The van der Waals surface area contributed by atoms with Gasteiger partial charge in [-0.25, -0.2) is 0 Å². The van der Waals surface area contributed by atoms with Gasteiger partial charge in [0.15, 0.2) is 0 Å². The molecule has 32 heavy (non-hydrogen) atoms. The first-order chi connectivity index (χ1) is 15.5. The van der Waals surface area contributed by atoms with E-state index >= 15 is 0 Å². The highest BCUT2D eigenvalue weighted by Gasteiger charge is 2.34. The van der Waals surface area contributed by atoms with Crippen LogP contribution in [-0.4, -0.2) is 22.6 Å². The SMILES string of the molecule is Cc1ccc(COc2ccc(Br)cc2/C=C2\SC(=O)N(CCc3ccccc3)C2=O)cc1. The molecule has 0 aromatic heterocycles. The van der Waals surface area contributed by atoms with E-state index < -0.39 is 0 Å². The molecule has 0 bridgehead atoms. The number of nitrogens with zero attached hydrogens (tertiary/aromatic N) is 1. The molecular weight excluding hydrogens is 486 g/mol. The van der Waals surface area contributed by atoms with Crippen molar-refractivity contribution in [2.45, 2.75) is 20.0 Å². The van der Waals surface area contributed by atoms with E-state index in [0.29, 0.717) is 30.2 Å². The van der Waals surface area contributed by atoms with Gasteiger partial charge in [-0.3, -0.25) is 14.5 Å². The standard InChI is InChI=1S/C26H22BrNO3S/c1-18-7-9-20(10-8-18)17-31-23-12-11-22(27)15-21(23)16-24-25(29)28(26(30)32-24)14-13-19-5-3-2-4-6-19/h2-12,15-16H,13-14,17H2,1H3/b24-16-. The lowest BCUT2D eigenvalue weighted by Gasteiger charge is -2.12. The molecule has 1 heterocycles. The summed E-state index contributed by atoms with van der Waals surface area (Å²) < 4.78 is 6.91. The van der Waals surface area contributed by atoms with E-state index in [4.69, 9.17) is 4.74 Å². The Bertz CT molecular complexity index is 1160. The zero-order chi connectivity index (χ0) is 22.5. The van der Waals surface area contributed by atoms with E-state index in [1.165, 1.54) is 10.5 Å². The van der Waals surface area contributed by atoms with Gasteiger partial charge in [-0.05, 0) is 60.5 Å². The molecular formula is C26H22BrNO3S. The van der Waals surface area contributed by atoms with E-state index in [1.807, 2.05) is 79.7 Å². The molecule has 1 aliphatic rings. The average Bonchev–Trinajstić information content (AvgIpc) is 3.06. The molecule has 1 aliphatic heterocycles. The topological polar surface area (TPSA) is 46.6 Å². The van der Waals surface area contributed by atoms with Gasteiger partial charge in [0, 0.05) is 16.6 Å². The van der Waals surface area contributed by atoms with Crippen molar-refractivity contribution < 1.29 is 14.3 Å². The molecule has 2 amide bonds. The number of carbonyl (C=O) groups is 2. The van der Waals surface area contributed by atoms with Gasteiger partial charge in [0.2, 0.25) is 0 Å². The lowest BCUT2D eigenvalue weighted by Crippen LogP contribution is -2.30. The van der Waals surface area contributed by atoms with Gasteiger partial charge in [0.05, 0.1) is 4.91 Å². The Morgan fingerprint density at radius 1 is 0.969 bits per heavy atom. The molecule has 4 rings (SSSR count). The third-order valence-corrected chi connectivity index (χ3v) is 6.51. The second kappa shape index (κ2) is 10.2. The van der Waals surface area contributed by atoms with Crippen LogP contribution in [0.2, 0.25) is 0 Å². The molecule has 162 valence electrons. The van der Waals surface area contributed by atoms with E-state index in [1.54, 1.807) is 6.08 Å². The minimum absolute atomic E-state index is 0.241. The zero-order valence-corrected chi connectivity index (χ0v) is 20.0. The van der Waals surface area contributed by atoms with Crippen molar-refractivity contribution in [2.75, 3.05) is 6.54 Å². The summed E-state index contributed by atoms with van der Waals surface area (Å²) >= 11 is 4.46. The predicted molar refractivity (Wildman–Crippen MR) is 132 cm³/mol. The molecule has 3 aromatic carbocycles. The molecule has 1 fully saturated rings. The van der Waals surface area contributed by atoms with E-state index in [9.17, 15) is 9.59 Å². The normalized spacial score (nSPS) is 14.9. The minimum Gasteiger partial charge on any atom is -0.488 e. The Balaban J connectivity index is 1.49. The fraction of sp³-hybridized carbons (Fsp3) is 0.154. The van der Waals surface area contributed by atoms with Crippen LogP contribution in [-0.2, 0) is 17.8 Å². The molecule has 1 saturated heterocycles. The van der Waals surface area contributed by atoms with Gasteiger partial charge in [-0.2, -0.15) is 0 Å². The Morgan fingerprint density at radius 2 is 1.72 bits per heavy atom. The number of ether oxygens (including phenoxy) is 1. The molecule has 0 saturated carbocycles. The third-order valence-electron chi connectivity index (χ3n) is 5.11. The van der Waals surface area contributed by atoms with E-state index in [0.717, 1.165) is 32.9 Å². The number of rotatable bonds is 7. The first-order valence-electron chi connectivity index (χ1n) is 10.3. The van der Waals surface area contributed by atoms with Crippen molar-refractivity contribution >= 4 is 44.9 Å². The maximum atomic E-state index is 12.9. The first kappa shape index (κ1) is 22.4. The number of carbonyl (C=O) groups excluding carboxylic acids is 2. The predicted octanol–water partition coefficient (Wildman–Crippen LogP) is 6.62. The quantitative estimate of drug-likeness (QED) is 0.337. The molecule has 0 aliphatic carbocycles. The molecule has 3 aromatic rings. The van der Waals surface area contributed by atoms with Crippen LogP contribution in [0.15, 0.2) is 82.2 Å². The molecule has 0 N–H and O–H groups in total. The molecule has 0 spiro atoms. The number of halogens is 1. The number of amides is 2. The molecule has 0 atom stereocenters. The number of imide groups is 1. The maximum Gasteiger partial charge on any atom is 0.293 e. The van der Waals surface area contributed by atoms with Crippen LogP contribution in [0.4, 0.5) is 4.79 Å². The average molecular weight is 508 g/mol. The number of aryl methyl sites for hydroxylation is 1. The van der Waals surface area contributed by atoms with Crippen LogP contribution >= 0.6 is 27.7 Å². The Hall–Kier alpha value is -2.83. The van der Waals surface area contributed by atoms with Crippen LogP contribution in [0.1, 0.15) is 22.3 Å². The first-order valence-corrected chi connectivity index (χ1v) is 11.9. The van der Waals surface area contributed by atoms with Gasteiger partial charge in [-0.1, -0.05) is 76.1 Å². The fourth-order valence-corrected chi connectivity index (χ4v) is 4.56. The van der Waals surface area contributed by atoms with Crippen molar-refractivity contribution in [3.05, 3.63) is 104 Å². The summed E-state index contributed by atoms with van der Waals surface area (Å²) in [6.07, 6.45) is 2.37. The van der Waals surface area contributed by atoms with Gasteiger partial charge in [0.25, 0.3) is 11.1 Å². The number of hydrogen-bond donors (Lipinski definition) is 0. The van der Waals surface area contributed by atoms with Crippen LogP contribution < -0.4 is 4.74 Å². The van der Waals surface area contributed by atoms with E-state index in [-0.39, 0.29) is 11.1 Å². The Morgan fingerprint density at radius 3 is 2.47 bits per heavy atom. The van der Waals surface area contributed by atoms with Crippen LogP contribution in [0.5, 0.6) is 5.75 Å². The maximum absolute atomic E-state index is 12.9. The van der Waals surface area contributed by atoms with Crippen molar-refractivity contribution in [1.29, 1.82) is 0 Å². The molecule has 4 nitrogen and oxygen atoms in total. The lowest BCUT2D eigenvalue weighted by molar-refractivity contribution is -0.122. The summed E-state index contributed by atoms with van der Waals surface area (Å²) in [7, 11) is 0. The summed E-state index contributed by atoms with van der Waals surface area (Å²) in [6.45, 7) is 2.83. The van der Waals surface area contributed by atoms with Crippen LogP contribution in [0.3, 0.4) is 0 Å². The number of hydrogen-bond acceptors (Lipinski definition) is 4. The Kier molecular flexibility index (Phi) is 7.12. The smallest absolute Gasteiger partial charge is 0.293 e. The highest BCUT2D eigenvalue weighted by Crippen LogP contribution is 2.35. The second-order valence-corrected chi connectivity index (χ2v) is 9.43. The van der Waals surface area contributed by atoms with Gasteiger partial charge in [-0.15, -0.1) is 0 Å². The van der Waals surface area contributed by atoms with Crippen molar-refractivity contribution in [1.82, 2.24) is 4.90 Å². The van der Waals surface area contributed by atoms with E-state index in [2.05, 4.69) is 15.9 Å². The highest BCUT2D eigenvalue weighted by molar-refractivity contribution is 9.10. The fourth-order valence-electron chi connectivity index (χ4n) is 3.33. The summed E-state index contributed by atoms with van der Waals surface area (Å²) in [6, 6.07) is 23.7. The highest BCUT2D eigenvalue weighted by atomic mass is 79.9. The molecule has 0 radical (unpaired) electrons. The summed E-state index contributed by atoms with van der Waals surface area (Å²) in [5.41, 5.74) is 4.10. The van der Waals surface area contributed by atoms with Crippen molar-refractivity contribution in [3.8, 4) is 5.75 Å². The zero-order valence-electron chi connectivity index (χ0n) is 17.6. The third kappa shape index (κ3) is 5.50. The molecule has 6 heteroatoms. The van der Waals surface area contributed by atoms with Gasteiger partial charge in [0.1, 0.15) is 12.4 Å². The lowest BCUT2D eigenvalue weighted by atomic mass is 10.1. The number of thioether (sulfide) groups is 1. The van der Waals surface area contributed by atoms with Gasteiger partial charge < -0.3 is 4.74 Å². The largest absolute Gasteiger partial charge is 0.488 e. The van der Waals surface area contributed by atoms with Crippen molar-refractivity contribution in [2.24, 2.45) is 0 Å². The second-order valence-electron chi connectivity index (χ2n) is 7.53. The van der Waals surface area contributed by atoms with Crippen molar-refractivity contribution in [3.63, 3.8) is 0 Å². The number of benzene rings is 3. The van der Waals surface area contributed by atoms with Crippen LogP contribution in [0.25, 0.3) is 6.08 Å². The summed E-state index contributed by atoms with van der Waals surface area (Å²) in [5, 5.41) is -0.241. The minimum atomic E-state index is -0.264. The molecule has 0 unspecified atom stereocenters.